The molecule has 1 saturated heterocycles. The molecule has 0 saturated carbocycles. The van der Waals surface area contributed by atoms with Crippen LogP contribution in [0.25, 0.3) is 6.08 Å². The second kappa shape index (κ2) is 7.62. The Morgan fingerprint density at radius 2 is 1.83 bits per heavy atom. The molecule has 2 aromatic rings. The van der Waals surface area contributed by atoms with Crippen LogP contribution < -0.4 is 4.90 Å². The van der Waals surface area contributed by atoms with Gasteiger partial charge in [-0.1, -0.05) is 28.1 Å². The zero-order valence-corrected chi connectivity index (χ0v) is 15.2. The summed E-state index contributed by atoms with van der Waals surface area (Å²) in [7, 11) is 0. The van der Waals surface area contributed by atoms with E-state index >= 15 is 0 Å². The number of piperazine rings is 1. The molecule has 1 aromatic heterocycles. The van der Waals surface area contributed by atoms with E-state index in [1.165, 1.54) is 5.56 Å². The van der Waals surface area contributed by atoms with E-state index in [1.807, 2.05) is 42.2 Å². The van der Waals surface area contributed by atoms with Crippen LogP contribution in [0, 0.1) is 6.92 Å². The SMILES string of the molecule is Cc1ccc(/C=C/C(=O)N2CCN(c3ccncc3)CC2)c(Br)c1. The molecule has 2 heterocycles. The number of rotatable bonds is 3. The summed E-state index contributed by atoms with van der Waals surface area (Å²) in [4.78, 5) is 20.6. The van der Waals surface area contributed by atoms with Crippen LogP contribution in [-0.4, -0.2) is 42.0 Å². The first kappa shape index (κ1) is 16.7. The van der Waals surface area contributed by atoms with Crippen molar-refractivity contribution in [3.8, 4) is 0 Å². The summed E-state index contributed by atoms with van der Waals surface area (Å²) in [5.74, 6) is 0.0665. The van der Waals surface area contributed by atoms with Crippen LogP contribution >= 0.6 is 15.9 Å². The molecular formula is C19H20BrN3O. The second-order valence-corrected chi connectivity index (χ2v) is 6.73. The molecule has 0 aliphatic carbocycles. The highest BCUT2D eigenvalue weighted by atomic mass is 79.9. The van der Waals surface area contributed by atoms with Crippen LogP contribution in [0.3, 0.4) is 0 Å². The molecule has 4 nitrogen and oxygen atoms in total. The van der Waals surface area contributed by atoms with Crippen LogP contribution in [0.1, 0.15) is 11.1 Å². The summed E-state index contributed by atoms with van der Waals surface area (Å²) in [5, 5.41) is 0. The fraction of sp³-hybridized carbons (Fsp3) is 0.263. The third-order valence-electron chi connectivity index (χ3n) is 4.18. The number of hydrogen-bond donors (Lipinski definition) is 0. The summed E-state index contributed by atoms with van der Waals surface area (Å²) in [6.07, 6.45) is 7.14. The average molecular weight is 386 g/mol. The highest BCUT2D eigenvalue weighted by Gasteiger charge is 2.19. The molecule has 124 valence electrons. The molecule has 0 bridgehead atoms. The maximum absolute atomic E-state index is 12.4. The highest BCUT2D eigenvalue weighted by Crippen LogP contribution is 2.20. The van der Waals surface area contributed by atoms with Gasteiger partial charge in [-0.25, -0.2) is 0 Å². The van der Waals surface area contributed by atoms with Gasteiger partial charge in [-0.3, -0.25) is 9.78 Å². The van der Waals surface area contributed by atoms with Gasteiger partial charge in [-0.15, -0.1) is 0 Å². The van der Waals surface area contributed by atoms with Gasteiger partial charge in [0.15, 0.2) is 0 Å². The van der Waals surface area contributed by atoms with Gasteiger partial charge < -0.3 is 9.80 Å². The van der Waals surface area contributed by atoms with Crippen LogP contribution in [-0.2, 0) is 4.79 Å². The van der Waals surface area contributed by atoms with Crippen LogP contribution in [0.5, 0.6) is 0 Å². The Bertz CT molecular complexity index is 738. The van der Waals surface area contributed by atoms with Crippen molar-refractivity contribution in [3.63, 3.8) is 0 Å². The summed E-state index contributed by atoms with van der Waals surface area (Å²) in [5.41, 5.74) is 3.37. The number of nitrogens with zero attached hydrogens (tertiary/aromatic N) is 3. The van der Waals surface area contributed by atoms with Crippen molar-refractivity contribution in [2.75, 3.05) is 31.1 Å². The summed E-state index contributed by atoms with van der Waals surface area (Å²) >= 11 is 3.54. The zero-order valence-electron chi connectivity index (χ0n) is 13.7. The summed E-state index contributed by atoms with van der Waals surface area (Å²) < 4.78 is 1.01. The predicted molar refractivity (Wildman–Crippen MR) is 101 cm³/mol. The van der Waals surface area contributed by atoms with Gasteiger partial charge in [0.05, 0.1) is 0 Å². The number of amides is 1. The van der Waals surface area contributed by atoms with Gasteiger partial charge in [0.25, 0.3) is 0 Å². The van der Waals surface area contributed by atoms with E-state index in [0.29, 0.717) is 0 Å². The number of aromatic nitrogens is 1. The van der Waals surface area contributed by atoms with Crippen molar-refractivity contribution in [1.29, 1.82) is 0 Å². The van der Waals surface area contributed by atoms with Crippen molar-refractivity contribution in [1.82, 2.24) is 9.88 Å². The van der Waals surface area contributed by atoms with Gasteiger partial charge in [0, 0.05) is 54.8 Å². The lowest BCUT2D eigenvalue weighted by Crippen LogP contribution is -2.48. The van der Waals surface area contributed by atoms with E-state index in [0.717, 1.165) is 41.9 Å². The molecule has 1 amide bonds. The smallest absolute Gasteiger partial charge is 0.246 e. The monoisotopic (exact) mass is 385 g/mol. The molecule has 3 rings (SSSR count). The third-order valence-corrected chi connectivity index (χ3v) is 4.87. The molecule has 0 unspecified atom stereocenters. The number of carbonyl (C=O) groups excluding carboxylic acids is 1. The maximum atomic E-state index is 12.4. The van der Waals surface area contributed by atoms with E-state index < -0.39 is 0 Å². The number of pyridine rings is 1. The first-order valence-corrected chi connectivity index (χ1v) is 8.81. The van der Waals surface area contributed by atoms with Crippen LogP contribution in [0.2, 0.25) is 0 Å². The highest BCUT2D eigenvalue weighted by molar-refractivity contribution is 9.10. The van der Waals surface area contributed by atoms with E-state index in [4.69, 9.17) is 0 Å². The maximum Gasteiger partial charge on any atom is 0.246 e. The van der Waals surface area contributed by atoms with E-state index in [1.54, 1.807) is 18.5 Å². The molecule has 1 aromatic carbocycles. The molecule has 0 radical (unpaired) electrons. The van der Waals surface area contributed by atoms with Crippen LogP contribution in [0.4, 0.5) is 5.69 Å². The Hall–Kier alpha value is -2.14. The van der Waals surface area contributed by atoms with Crippen molar-refractivity contribution in [2.24, 2.45) is 0 Å². The number of hydrogen-bond acceptors (Lipinski definition) is 3. The van der Waals surface area contributed by atoms with Gasteiger partial charge >= 0.3 is 0 Å². The Morgan fingerprint density at radius 3 is 2.50 bits per heavy atom. The zero-order chi connectivity index (χ0) is 16.9. The Labute approximate surface area is 150 Å². The number of aryl methyl sites for hydroxylation is 1. The first-order valence-electron chi connectivity index (χ1n) is 8.01. The lowest BCUT2D eigenvalue weighted by atomic mass is 10.1. The standard InChI is InChI=1S/C19H20BrN3O/c1-15-2-3-16(18(20)14-15)4-5-19(24)23-12-10-22(11-13-23)17-6-8-21-9-7-17/h2-9,14H,10-13H2,1H3/b5-4+. The lowest BCUT2D eigenvalue weighted by molar-refractivity contribution is -0.126. The van der Waals surface area contributed by atoms with Gasteiger partial charge in [0.1, 0.15) is 0 Å². The lowest BCUT2D eigenvalue weighted by Gasteiger charge is -2.35. The predicted octanol–water partition coefficient (Wildman–Crippen LogP) is 3.51. The van der Waals surface area contributed by atoms with Crippen molar-refractivity contribution < 1.29 is 4.79 Å². The van der Waals surface area contributed by atoms with Gasteiger partial charge in [0.2, 0.25) is 5.91 Å². The molecule has 5 heteroatoms. The third kappa shape index (κ3) is 4.03. The minimum Gasteiger partial charge on any atom is -0.368 e. The first-order chi connectivity index (χ1) is 11.6. The van der Waals surface area contributed by atoms with E-state index in [9.17, 15) is 4.79 Å². The fourth-order valence-corrected chi connectivity index (χ4v) is 3.40. The second-order valence-electron chi connectivity index (χ2n) is 5.88. The minimum atomic E-state index is 0.0665. The van der Waals surface area contributed by atoms with Gasteiger partial charge in [-0.05, 0) is 42.3 Å². The number of anilines is 1. The Kier molecular flexibility index (Phi) is 5.30. The quantitative estimate of drug-likeness (QED) is 0.758. The fourth-order valence-electron chi connectivity index (χ4n) is 2.77. The average Bonchev–Trinajstić information content (AvgIpc) is 2.62. The van der Waals surface area contributed by atoms with Crippen LogP contribution in [0.15, 0.2) is 53.3 Å². The molecule has 0 spiro atoms. The van der Waals surface area contributed by atoms with Crippen molar-refractivity contribution >= 4 is 33.6 Å². The normalized spacial score (nSPS) is 15.1. The van der Waals surface area contributed by atoms with Crippen molar-refractivity contribution in [2.45, 2.75) is 6.92 Å². The Balaban J connectivity index is 1.58. The summed E-state index contributed by atoms with van der Waals surface area (Å²) in [6.45, 7) is 5.21. The number of halogens is 1. The van der Waals surface area contributed by atoms with Crippen molar-refractivity contribution in [3.05, 3.63) is 64.4 Å². The molecular weight excluding hydrogens is 366 g/mol. The topological polar surface area (TPSA) is 36.4 Å². The molecule has 1 aliphatic heterocycles. The molecule has 0 atom stereocenters. The van der Waals surface area contributed by atoms with E-state index in [2.05, 4.69) is 31.9 Å². The largest absolute Gasteiger partial charge is 0.368 e. The molecule has 1 aliphatic rings. The molecule has 0 N–H and O–H groups in total. The molecule has 24 heavy (non-hydrogen) atoms. The summed E-state index contributed by atoms with van der Waals surface area (Å²) in [6, 6.07) is 10.1. The minimum absolute atomic E-state index is 0.0665. The molecule has 1 fully saturated rings. The van der Waals surface area contributed by atoms with Gasteiger partial charge in [-0.2, -0.15) is 0 Å². The number of carbonyl (C=O) groups is 1. The Morgan fingerprint density at radius 1 is 1.12 bits per heavy atom. The van der Waals surface area contributed by atoms with E-state index in [-0.39, 0.29) is 5.91 Å². The number of benzene rings is 1.